The molecule has 0 radical (unpaired) electrons. The zero-order valence-electron chi connectivity index (χ0n) is 9.82. The lowest BCUT2D eigenvalue weighted by molar-refractivity contribution is 0.504. The molecule has 0 rings (SSSR count). The summed E-state index contributed by atoms with van der Waals surface area (Å²) in [6.45, 7) is 15.1. The molecular formula is C8H24N2OSi2. The van der Waals surface area contributed by atoms with Gasteiger partial charge in [0.25, 0.3) is 17.0 Å². The minimum atomic E-state index is -1.63. The average molecular weight is 220 g/mol. The molecule has 0 heterocycles. The highest BCUT2D eigenvalue weighted by molar-refractivity contribution is 6.82. The van der Waals surface area contributed by atoms with E-state index in [4.69, 9.17) is 4.12 Å². The number of hydrogen-bond donors (Lipinski definition) is 2. The first-order valence-corrected chi connectivity index (χ1v) is 10.8. The number of hydrogen-bond acceptors (Lipinski definition) is 3. The number of nitrogens with one attached hydrogen (secondary N) is 2. The Balaban J connectivity index is 4.07. The van der Waals surface area contributed by atoms with Crippen LogP contribution in [-0.4, -0.2) is 30.0 Å². The van der Waals surface area contributed by atoms with Gasteiger partial charge in [-0.3, -0.25) is 0 Å². The van der Waals surface area contributed by atoms with E-state index in [2.05, 4.69) is 50.0 Å². The lowest BCUT2D eigenvalue weighted by Gasteiger charge is -2.34. The lowest BCUT2D eigenvalue weighted by atomic mass is 10.8. The van der Waals surface area contributed by atoms with Gasteiger partial charge in [-0.05, 0) is 39.3 Å². The molecule has 0 aromatic rings. The van der Waals surface area contributed by atoms with Crippen LogP contribution in [0.3, 0.4) is 0 Å². The van der Waals surface area contributed by atoms with Crippen LogP contribution < -0.4 is 9.96 Å². The summed E-state index contributed by atoms with van der Waals surface area (Å²) in [4.78, 5) is 6.90. The Kier molecular flexibility index (Phi) is 5.38. The lowest BCUT2D eigenvalue weighted by Crippen LogP contribution is -2.60. The van der Waals surface area contributed by atoms with E-state index >= 15 is 0 Å². The Morgan fingerprint density at radius 3 is 1.38 bits per heavy atom. The van der Waals surface area contributed by atoms with E-state index < -0.39 is 17.0 Å². The quantitative estimate of drug-likeness (QED) is 0.668. The van der Waals surface area contributed by atoms with Crippen molar-refractivity contribution in [2.75, 3.05) is 13.1 Å². The molecule has 0 bridgehead atoms. The highest BCUT2D eigenvalue weighted by atomic mass is 28.4. The SMILES string of the molecule is CCN[Si](C)(C)O[Si](C)(C)NCC. The summed E-state index contributed by atoms with van der Waals surface area (Å²) in [7, 11) is -3.25. The van der Waals surface area contributed by atoms with Crippen molar-refractivity contribution in [1.82, 2.24) is 9.96 Å². The molecule has 0 aromatic heterocycles. The minimum Gasteiger partial charge on any atom is -0.433 e. The molecule has 0 aliphatic rings. The fourth-order valence-corrected chi connectivity index (χ4v) is 8.94. The molecule has 0 fully saturated rings. The molecule has 0 saturated carbocycles. The van der Waals surface area contributed by atoms with Gasteiger partial charge in [0.2, 0.25) is 0 Å². The first-order valence-electron chi connectivity index (χ1n) is 5.03. The largest absolute Gasteiger partial charge is 0.433 e. The van der Waals surface area contributed by atoms with Crippen LogP contribution in [0.25, 0.3) is 0 Å². The zero-order chi connectivity index (χ0) is 10.5. The second-order valence-corrected chi connectivity index (χ2v) is 11.7. The molecule has 0 unspecified atom stereocenters. The van der Waals surface area contributed by atoms with Gasteiger partial charge in [0, 0.05) is 0 Å². The van der Waals surface area contributed by atoms with Crippen molar-refractivity contribution in [3.63, 3.8) is 0 Å². The maximum absolute atomic E-state index is 6.16. The minimum absolute atomic E-state index is 0.996. The summed E-state index contributed by atoms with van der Waals surface area (Å²) in [5, 5.41) is 0. The highest BCUT2D eigenvalue weighted by Crippen LogP contribution is 2.08. The summed E-state index contributed by atoms with van der Waals surface area (Å²) in [5.74, 6) is 0. The van der Waals surface area contributed by atoms with Gasteiger partial charge >= 0.3 is 0 Å². The van der Waals surface area contributed by atoms with Crippen LogP contribution in [0.4, 0.5) is 0 Å². The normalized spacial score (nSPS) is 13.4. The molecule has 3 nitrogen and oxygen atoms in total. The zero-order valence-corrected chi connectivity index (χ0v) is 11.8. The van der Waals surface area contributed by atoms with Gasteiger partial charge in [-0.2, -0.15) is 0 Å². The molecule has 0 aliphatic carbocycles. The monoisotopic (exact) mass is 220 g/mol. The van der Waals surface area contributed by atoms with E-state index in [1.807, 2.05) is 0 Å². The molecule has 13 heavy (non-hydrogen) atoms. The van der Waals surface area contributed by atoms with Crippen LogP contribution in [0.1, 0.15) is 13.8 Å². The van der Waals surface area contributed by atoms with Crippen molar-refractivity contribution in [1.29, 1.82) is 0 Å². The third-order valence-electron chi connectivity index (χ3n) is 1.72. The third-order valence-corrected chi connectivity index (χ3v) is 8.21. The third kappa shape index (κ3) is 6.39. The van der Waals surface area contributed by atoms with Crippen LogP contribution in [0, 0.1) is 0 Å². The van der Waals surface area contributed by atoms with Crippen molar-refractivity contribution >= 4 is 17.0 Å². The first kappa shape index (κ1) is 13.3. The predicted molar refractivity (Wildman–Crippen MR) is 63.4 cm³/mol. The van der Waals surface area contributed by atoms with Gasteiger partial charge in [0.05, 0.1) is 0 Å². The second kappa shape index (κ2) is 5.26. The summed E-state index contributed by atoms with van der Waals surface area (Å²) in [6.07, 6.45) is 0. The maximum Gasteiger partial charge on any atom is 0.252 e. The Morgan fingerprint density at radius 2 is 1.15 bits per heavy atom. The fraction of sp³-hybridized carbons (Fsp3) is 1.00. The summed E-state index contributed by atoms with van der Waals surface area (Å²) < 4.78 is 6.16. The van der Waals surface area contributed by atoms with Gasteiger partial charge < -0.3 is 14.1 Å². The standard InChI is InChI=1S/C8H24N2OSi2/c1-7-9-12(3,4)11-13(5,6)10-8-2/h9-10H,7-8H2,1-6H3. The van der Waals surface area contributed by atoms with Gasteiger partial charge in [-0.15, -0.1) is 0 Å². The van der Waals surface area contributed by atoms with Gasteiger partial charge in [0.1, 0.15) is 0 Å². The molecule has 0 atom stereocenters. The van der Waals surface area contributed by atoms with Crippen LogP contribution in [-0.2, 0) is 4.12 Å². The highest BCUT2D eigenvalue weighted by Gasteiger charge is 2.32. The van der Waals surface area contributed by atoms with Gasteiger partial charge in [0.15, 0.2) is 0 Å². The van der Waals surface area contributed by atoms with Gasteiger partial charge in [-0.1, -0.05) is 13.8 Å². The summed E-state index contributed by atoms with van der Waals surface area (Å²) >= 11 is 0. The Morgan fingerprint density at radius 1 is 0.846 bits per heavy atom. The molecule has 0 saturated heterocycles. The Bertz CT molecular complexity index is 135. The van der Waals surface area contributed by atoms with Crippen molar-refractivity contribution in [3.05, 3.63) is 0 Å². The molecule has 0 aromatic carbocycles. The smallest absolute Gasteiger partial charge is 0.252 e. The first-order chi connectivity index (χ1) is 5.83. The average Bonchev–Trinajstić information content (AvgIpc) is 1.82. The molecule has 80 valence electrons. The fourth-order valence-electron chi connectivity index (χ4n) is 1.56. The van der Waals surface area contributed by atoms with Crippen molar-refractivity contribution in [3.8, 4) is 0 Å². The van der Waals surface area contributed by atoms with Crippen LogP contribution in [0.5, 0.6) is 0 Å². The van der Waals surface area contributed by atoms with Crippen molar-refractivity contribution in [2.24, 2.45) is 0 Å². The molecule has 0 spiro atoms. The number of rotatable bonds is 6. The topological polar surface area (TPSA) is 33.3 Å². The van der Waals surface area contributed by atoms with E-state index in [1.54, 1.807) is 0 Å². The molecule has 2 N–H and O–H groups in total. The van der Waals surface area contributed by atoms with Crippen LogP contribution in [0.15, 0.2) is 0 Å². The second-order valence-electron chi connectivity index (χ2n) is 4.18. The van der Waals surface area contributed by atoms with E-state index in [-0.39, 0.29) is 0 Å². The van der Waals surface area contributed by atoms with Crippen LogP contribution >= 0.6 is 0 Å². The van der Waals surface area contributed by atoms with E-state index in [0.29, 0.717) is 0 Å². The summed E-state index contributed by atoms with van der Waals surface area (Å²) in [5.41, 5.74) is 0. The van der Waals surface area contributed by atoms with E-state index in [0.717, 1.165) is 13.1 Å². The van der Waals surface area contributed by atoms with Gasteiger partial charge in [-0.25, -0.2) is 0 Å². The Labute approximate surface area is 84.7 Å². The Hall–Kier alpha value is 0.314. The molecular weight excluding hydrogens is 196 g/mol. The molecule has 5 heteroatoms. The van der Waals surface area contributed by atoms with Crippen LogP contribution in [0.2, 0.25) is 26.2 Å². The molecule has 0 amide bonds. The van der Waals surface area contributed by atoms with E-state index in [1.165, 1.54) is 0 Å². The van der Waals surface area contributed by atoms with E-state index in [9.17, 15) is 0 Å². The van der Waals surface area contributed by atoms with Crippen molar-refractivity contribution in [2.45, 2.75) is 40.0 Å². The van der Waals surface area contributed by atoms with Crippen molar-refractivity contribution < 1.29 is 4.12 Å². The predicted octanol–water partition coefficient (Wildman–Crippen LogP) is 1.63. The molecule has 0 aliphatic heterocycles. The maximum atomic E-state index is 6.16. The summed E-state index contributed by atoms with van der Waals surface area (Å²) in [6, 6.07) is 0.